The maximum Gasteiger partial charge on any atom is 0.161 e. The van der Waals surface area contributed by atoms with Gasteiger partial charge in [-0.05, 0) is 6.07 Å². The Morgan fingerprint density at radius 2 is 2.73 bits per heavy atom. The van der Waals surface area contributed by atoms with Gasteiger partial charge < -0.3 is 9.84 Å². The monoisotopic (exact) mass is 176 g/mol. The van der Waals surface area contributed by atoms with Gasteiger partial charge in [0.15, 0.2) is 5.75 Å². The highest BCUT2D eigenvalue weighted by atomic mass is 35.5. The van der Waals surface area contributed by atoms with Crippen LogP contribution in [0, 0.1) is 0 Å². The van der Waals surface area contributed by atoms with Crippen molar-refractivity contribution in [1.29, 1.82) is 0 Å². The van der Waals surface area contributed by atoms with E-state index < -0.39 is 13.6 Å². The average Bonchev–Trinajstić information content (AvgIpc) is 2.06. The Hall–Kier alpha value is -0.800. The molecule has 0 aliphatic rings. The lowest BCUT2D eigenvalue weighted by Crippen LogP contribution is -1.95. The summed E-state index contributed by atoms with van der Waals surface area (Å²) in [6.07, 6.45) is 1.36. The van der Waals surface area contributed by atoms with Gasteiger partial charge in [0.05, 0.1) is 22.8 Å². The first-order chi connectivity index (χ1) is 6.44. The van der Waals surface area contributed by atoms with Crippen molar-refractivity contribution in [2.75, 3.05) is 7.04 Å². The second-order valence-corrected chi connectivity index (χ2v) is 2.24. The summed E-state index contributed by atoms with van der Waals surface area (Å²) in [7, 11) is -2.60. The molecule has 1 aromatic heterocycles. The molecular weight excluding hydrogens is 166 g/mol. The normalized spacial score (nSPS) is 14.9. The number of aliphatic hydroxyl groups is 1. The Kier molecular flexibility index (Phi) is 1.60. The van der Waals surface area contributed by atoms with E-state index in [0.717, 1.165) is 0 Å². The van der Waals surface area contributed by atoms with E-state index in [1.807, 2.05) is 0 Å². The lowest BCUT2D eigenvalue weighted by Gasteiger charge is -2.05. The van der Waals surface area contributed by atoms with Gasteiger partial charge in [0.1, 0.15) is 5.69 Å². The quantitative estimate of drug-likeness (QED) is 0.737. The van der Waals surface area contributed by atoms with Crippen molar-refractivity contribution in [1.82, 2.24) is 4.98 Å². The van der Waals surface area contributed by atoms with E-state index in [4.69, 9.17) is 20.8 Å². The topological polar surface area (TPSA) is 42.4 Å². The van der Waals surface area contributed by atoms with Crippen LogP contribution in [-0.4, -0.2) is 17.1 Å². The molecule has 1 heterocycles. The van der Waals surface area contributed by atoms with E-state index in [1.165, 1.54) is 12.3 Å². The van der Waals surface area contributed by atoms with Crippen LogP contribution >= 0.6 is 11.6 Å². The number of aromatic nitrogens is 1. The third kappa shape index (κ3) is 1.61. The number of ether oxygens (including phenoxy) is 1. The molecule has 0 unspecified atom stereocenters. The van der Waals surface area contributed by atoms with Gasteiger partial charge in [-0.2, -0.15) is 0 Å². The van der Waals surface area contributed by atoms with Crippen LogP contribution in [0.2, 0.25) is 5.02 Å². The van der Waals surface area contributed by atoms with E-state index in [-0.39, 0.29) is 16.5 Å². The Morgan fingerprint density at radius 3 is 3.36 bits per heavy atom. The fraction of sp³-hybridized carbons (Fsp3) is 0.286. The van der Waals surface area contributed by atoms with Crippen LogP contribution in [0.4, 0.5) is 0 Å². The minimum absolute atomic E-state index is 0.100. The van der Waals surface area contributed by atoms with Gasteiger partial charge in [0.2, 0.25) is 0 Å². The summed E-state index contributed by atoms with van der Waals surface area (Å²) >= 11 is 5.69. The molecule has 0 amide bonds. The Balaban J connectivity index is 3.05. The van der Waals surface area contributed by atoms with Crippen molar-refractivity contribution in [2.45, 2.75) is 6.61 Å². The third-order valence-corrected chi connectivity index (χ3v) is 1.48. The van der Waals surface area contributed by atoms with Crippen molar-refractivity contribution in [3.63, 3.8) is 0 Å². The van der Waals surface area contributed by atoms with E-state index in [9.17, 15) is 0 Å². The Bertz CT molecular complexity index is 329. The molecule has 0 radical (unpaired) electrons. The molecule has 0 fully saturated rings. The minimum atomic E-state index is -2.60. The van der Waals surface area contributed by atoms with Gasteiger partial charge in [0, 0.05) is 6.20 Å². The lowest BCUT2D eigenvalue weighted by molar-refractivity contribution is 0.268. The van der Waals surface area contributed by atoms with Crippen LogP contribution in [-0.2, 0) is 6.61 Å². The zero-order valence-corrected chi connectivity index (χ0v) is 6.30. The van der Waals surface area contributed by atoms with Crippen LogP contribution < -0.4 is 4.74 Å². The molecule has 4 heteroatoms. The van der Waals surface area contributed by atoms with Crippen LogP contribution in [0.25, 0.3) is 0 Å². The minimum Gasteiger partial charge on any atom is -0.493 e. The van der Waals surface area contributed by atoms with Gasteiger partial charge in [-0.15, -0.1) is 0 Å². The highest BCUT2D eigenvalue weighted by Crippen LogP contribution is 2.25. The predicted octanol–water partition coefficient (Wildman–Crippen LogP) is 1.24. The highest BCUT2D eigenvalue weighted by Gasteiger charge is 2.06. The maximum absolute atomic E-state index is 8.85. The molecule has 0 aliphatic carbocycles. The molecule has 1 aromatic rings. The summed E-state index contributed by atoms with van der Waals surface area (Å²) in [5.41, 5.74) is 0.105. The molecule has 0 aliphatic heterocycles. The number of halogens is 1. The number of pyridine rings is 1. The first kappa shape index (κ1) is 4.95. The number of nitrogens with zero attached hydrogens (tertiary/aromatic N) is 1. The predicted molar refractivity (Wildman–Crippen MR) is 41.7 cm³/mol. The van der Waals surface area contributed by atoms with Crippen molar-refractivity contribution < 1.29 is 14.0 Å². The average molecular weight is 177 g/mol. The molecule has 0 aromatic carbocycles. The van der Waals surface area contributed by atoms with Crippen molar-refractivity contribution in [2.24, 2.45) is 0 Å². The summed E-state index contributed by atoms with van der Waals surface area (Å²) < 4.78 is 25.2. The van der Waals surface area contributed by atoms with E-state index in [0.29, 0.717) is 0 Å². The molecule has 0 atom stereocenters. The summed E-state index contributed by atoms with van der Waals surface area (Å²) in [6.45, 7) is -0.425. The summed E-state index contributed by atoms with van der Waals surface area (Å²) in [6, 6.07) is 1.39. The summed E-state index contributed by atoms with van der Waals surface area (Å²) in [5.74, 6) is -0.100. The van der Waals surface area contributed by atoms with E-state index in [1.54, 1.807) is 0 Å². The molecule has 60 valence electrons. The van der Waals surface area contributed by atoms with Gasteiger partial charge in [-0.1, -0.05) is 11.6 Å². The van der Waals surface area contributed by atoms with Crippen LogP contribution in [0.3, 0.4) is 0 Å². The van der Waals surface area contributed by atoms with E-state index in [2.05, 4.69) is 9.72 Å². The molecule has 0 bridgehead atoms. The fourth-order valence-electron chi connectivity index (χ4n) is 0.685. The van der Waals surface area contributed by atoms with Gasteiger partial charge >= 0.3 is 0 Å². The molecule has 3 nitrogen and oxygen atoms in total. The van der Waals surface area contributed by atoms with Crippen molar-refractivity contribution in [3.8, 4) is 5.75 Å². The fourth-order valence-corrected chi connectivity index (χ4v) is 0.889. The van der Waals surface area contributed by atoms with Crippen LogP contribution in [0.15, 0.2) is 12.3 Å². The molecule has 11 heavy (non-hydrogen) atoms. The third-order valence-electron chi connectivity index (χ3n) is 1.18. The van der Waals surface area contributed by atoms with Gasteiger partial charge in [-0.3, -0.25) is 4.98 Å². The van der Waals surface area contributed by atoms with Crippen molar-refractivity contribution in [3.05, 3.63) is 23.0 Å². The number of aliphatic hydroxyl groups excluding tert-OH is 1. The first-order valence-electron chi connectivity index (χ1n) is 4.37. The van der Waals surface area contributed by atoms with Crippen LogP contribution in [0.1, 0.15) is 9.81 Å². The highest BCUT2D eigenvalue weighted by molar-refractivity contribution is 6.32. The number of methoxy groups -OCH3 is 1. The van der Waals surface area contributed by atoms with Crippen LogP contribution in [0.5, 0.6) is 5.75 Å². The lowest BCUT2D eigenvalue weighted by atomic mass is 10.3. The molecule has 0 saturated heterocycles. The molecule has 0 spiro atoms. The van der Waals surface area contributed by atoms with E-state index >= 15 is 0 Å². The van der Waals surface area contributed by atoms with Crippen molar-refractivity contribution >= 4 is 11.6 Å². The Labute approximate surface area is 73.8 Å². The second kappa shape index (κ2) is 3.55. The molecule has 1 rings (SSSR count). The van der Waals surface area contributed by atoms with Gasteiger partial charge in [-0.25, -0.2) is 0 Å². The summed E-state index contributed by atoms with van der Waals surface area (Å²) in [5, 5.41) is 8.97. The Morgan fingerprint density at radius 1 is 1.91 bits per heavy atom. The number of rotatable bonds is 2. The smallest absolute Gasteiger partial charge is 0.161 e. The SMILES string of the molecule is [2H]C([2H])([2H])Oc1c(Cl)ccnc1CO. The second-order valence-electron chi connectivity index (χ2n) is 1.83. The first-order valence-corrected chi connectivity index (χ1v) is 3.25. The zero-order valence-electron chi connectivity index (χ0n) is 8.54. The van der Waals surface area contributed by atoms with Gasteiger partial charge in [0.25, 0.3) is 0 Å². The summed E-state index contributed by atoms with van der Waals surface area (Å²) in [4.78, 5) is 3.73. The number of hydrogen-bond acceptors (Lipinski definition) is 3. The number of hydrogen-bond donors (Lipinski definition) is 1. The zero-order chi connectivity index (χ0) is 10.8. The molecule has 0 saturated carbocycles. The standard InChI is InChI=1S/C7H8ClNO2/c1-11-7-5(8)2-3-9-6(7)4-10/h2-3,10H,4H2,1H3/i1D3. The molecule has 1 N–H and O–H groups in total. The maximum atomic E-state index is 8.85. The largest absolute Gasteiger partial charge is 0.493 e. The molecular formula is C7H8ClNO2.